The van der Waals surface area contributed by atoms with E-state index in [4.69, 9.17) is 9.84 Å². The van der Waals surface area contributed by atoms with Gasteiger partial charge < -0.3 is 9.84 Å². The predicted molar refractivity (Wildman–Crippen MR) is 46.3 cm³/mol. The van der Waals surface area contributed by atoms with Gasteiger partial charge in [0.2, 0.25) is 0 Å². The SMILES string of the molecule is CC(C)CC(C)(C)COCO. The molecule has 0 fully saturated rings. The van der Waals surface area contributed by atoms with Crippen LogP contribution in [0.5, 0.6) is 0 Å². The molecule has 0 aromatic rings. The molecule has 0 atom stereocenters. The topological polar surface area (TPSA) is 29.5 Å². The summed E-state index contributed by atoms with van der Waals surface area (Å²) in [6.45, 7) is 9.18. The second-order valence-corrected chi connectivity index (χ2v) is 4.24. The summed E-state index contributed by atoms with van der Waals surface area (Å²) in [5, 5.41) is 8.44. The van der Waals surface area contributed by atoms with E-state index in [1.165, 1.54) is 0 Å². The Kier molecular flexibility index (Phi) is 4.69. The lowest BCUT2D eigenvalue weighted by atomic mass is 9.85. The fourth-order valence-corrected chi connectivity index (χ4v) is 1.49. The standard InChI is InChI=1S/C9H20O2/c1-8(2)5-9(3,4)6-11-7-10/h8,10H,5-7H2,1-4H3. The lowest BCUT2D eigenvalue weighted by molar-refractivity contribution is -0.0399. The third kappa shape index (κ3) is 6.32. The molecule has 0 unspecified atom stereocenters. The van der Waals surface area contributed by atoms with Crippen molar-refractivity contribution < 1.29 is 9.84 Å². The zero-order valence-electron chi connectivity index (χ0n) is 8.05. The van der Waals surface area contributed by atoms with E-state index in [1.54, 1.807) is 0 Å². The van der Waals surface area contributed by atoms with Crippen molar-refractivity contribution in [2.75, 3.05) is 13.4 Å². The van der Waals surface area contributed by atoms with E-state index in [9.17, 15) is 0 Å². The average molecular weight is 160 g/mol. The summed E-state index contributed by atoms with van der Waals surface area (Å²) in [5.74, 6) is 0.687. The van der Waals surface area contributed by atoms with Crippen molar-refractivity contribution in [3.05, 3.63) is 0 Å². The summed E-state index contributed by atoms with van der Waals surface area (Å²) in [5.41, 5.74) is 0.191. The molecule has 1 N–H and O–H groups in total. The van der Waals surface area contributed by atoms with Crippen LogP contribution in [0.4, 0.5) is 0 Å². The molecule has 0 aliphatic heterocycles. The third-order valence-electron chi connectivity index (χ3n) is 1.54. The molecule has 11 heavy (non-hydrogen) atoms. The fraction of sp³-hybridized carbons (Fsp3) is 1.00. The quantitative estimate of drug-likeness (QED) is 0.623. The molecule has 2 nitrogen and oxygen atoms in total. The second-order valence-electron chi connectivity index (χ2n) is 4.24. The van der Waals surface area contributed by atoms with Gasteiger partial charge in [-0.2, -0.15) is 0 Å². The number of aliphatic hydroxyl groups excluding tert-OH is 1. The lowest BCUT2D eigenvalue weighted by Gasteiger charge is -2.25. The Bertz CT molecular complexity index is 97.7. The zero-order chi connectivity index (χ0) is 8.91. The van der Waals surface area contributed by atoms with Crippen molar-refractivity contribution in [2.24, 2.45) is 11.3 Å². The van der Waals surface area contributed by atoms with Crippen LogP contribution < -0.4 is 0 Å². The van der Waals surface area contributed by atoms with Gasteiger partial charge in [-0.05, 0) is 17.8 Å². The Balaban J connectivity index is 3.61. The molecule has 0 aliphatic carbocycles. The molecule has 0 amide bonds. The summed E-state index contributed by atoms with van der Waals surface area (Å²) in [4.78, 5) is 0. The minimum Gasteiger partial charge on any atom is -0.371 e. The van der Waals surface area contributed by atoms with E-state index < -0.39 is 0 Å². The first-order valence-electron chi connectivity index (χ1n) is 4.16. The highest BCUT2D eigenvalue weighted by molar-refractivity contribution is 4.69. The largest absolute Gasteiger partial charge is 0.371 e. The van der Waals surface area contributed by atoms with Gasteiger partial charge in [-0.1, -0.05) is 27.7 Å². The predicted octanol–water partition coefficient (Wildman–Crippen LogP) is 2.03. The van der Waals surface area contributed by atoms with E-state index in [0.29, 0.717) is 12.5 Å². The van der Waals surface area contributed by atoms with Gasteiger partial charge in [0.15, 0.2) is 0 Å². The van der Waals surface area contributed by atoms with Gasteiger partial charge >= 0.3 is 0 Å². The van der Waals surface area contributed by atoms with Crippen molar-refractivity contribution in [1.82, 2.24) is 0 Å². The Morgan fingerprint density at radius 3 is 2.27 bits per heavy atom. The highest BCUT2D eigenvalue weighted by atomic mass is 16.6. The van der Waals surface area contributed by atoms with Crippen LogP contribution in [0.2, 0.25) is 0 Å². The smallest absolute Gasteiger partial charge is 0.143 e. The molecule has 2 heteroatoms. The number of rotatable bonds is 5. The molecule has 0 aromatic heterocycles. The van der Waals surface area contributed by atoms with Crippen molar-refractivity contribution in [2.45, 2.75) is 34.1 Å². The molecule has 0 saturated carbocycles. The number of ether oxygens (including phenoxy) is 1. The molecule has 0 saturated heterocycles. The number of hydrogen-bond acceptors (Lipinski definition) is 2. The summed E-state index contributed by atoms with van der Waals surface area (Å²) in [6, 6.07) is 0. The first kappa shape index (κ1) is 10.9. The van der Waals surface area contributed by atoms with Crippen LogP contribution in [0.3, 0.4) is 0 Å². The molecular weight excluding hydrogens is 140 g/mol. The van der Waals surface area contributed by atoms with Crippen molar-refractivity contribution in [1.29, 1.82) is 0 Å². The van der Waals surface area contributed by atoms with Gasteiger partial charge in [0.05, 0.1) is 6.61 Å². The highest BCUT2D eigenvalue weighted by Gasteiger charge is 2.19. The maximum absolute atomic E-state index is 8.44. The number of aliphatic hydroxyl groups is 1. The van der Waals surface area contributed by atoms with Gasteiger partial charge in [-0.15, -0.1) is 0 Å². The van der Waals surface area contributed by atoms with E-state index in [2.05, 4.69) is 27.7 Å². The lowest BCUT2D eigenvalue weighted by Crippen LogP contribution is -2.21. The summed E-state index contributed by atoms with van der Waals surface area (Å²) >= 11 is 0. The Labute approximate surface area is 69.6 Å². The van der Waals surface area contributed by atoms with Gasteiger partial charge in [-0.3, -0.25) is 0 Å². The minimum atomic E-state index is -0.165. The normalized spacial score (nSPS) is 12.5. The molecule has 0 spiro atoms. The highest BCUT2D eigenvalue weighted by Crippen LogP contribution is 2.25. The average Bonchev–Trinajstić information content (AvgIpc) is 1.81. The van der Waals surface area contributed by atoms with Crippen molar-refractivity contribution in [3.8, 4) is 0 Å². The molecule has 68 valence electrons. The molecule has 0 aliphatic rings. The Morgan fingerprint density at radius 2 is 1.91 bits per heavy atom. The second kappa shape index (κ2) is 4.73. The molecule has 0 radical (unpaired) electrons. The van der Waals surface area contributed by atoms with Crippen LogP contribution in [0.25, 0.3) is 0 Å². The zero-order valence-corrected chi connectivity index (χ0v) is 8.05. The van der Waals surface area contributed by atoms with Crippen molar-refractivity contribution in [3.63, 3.8) is 0 Å². The molecule has 0 aromatic carbocycles. The van der Waals surface area contributed by atoms with Crippen LogP contribution >= 0.6 is 0 Å². The molecule has 0 rings (SSSR count). The van der Waals surface area contributed by atoms with Crippen LogP contribution in [0.15, 0.2) is 0 Å². The third-order valence-corrected chi connectivity index (χ3v) is 1.54. The van der Waals surface area contributed by atoms with Gasteiger partial charge in [0.1, 0.15) is 6.79 Å². The van der Waals surface area contributed by atoms with Gasteiger partial charge in [0.25, 0.3) is 0 Å². The van der Waals surface area contributed by atoms with E-state index >= 15 is 0 Å². The summed E-state index contributed by atoms with van der Waals surface area (Å²) in [6.07, 6.45) is 1.13. The maximum atomic E-state index is 8.44. The van der Waals surface area contributed by atoms with Crippen molar-refractivity contribution >= 4 is 0 Å². The monoisotopic (exact) mass is 160 g/mol. The summed E-state index contributed by atoms with van der Waals surface area (Å²) in [7, 11) is 0. The van der Waals surface area contributed by atoms with E-state index in [1.807, 2.05) is 0 Å². The minimum absolute atomic E-state index is 0.165. The van der Waals surface area contributed by atoms with Gasteiger partial charge in [-0.25, -0.2) is 0 Å². The first-order chi connectivity index (χ1) is 4.98. The van der Waals surface area contributed by atoms with Crippen LogP contribution in [-0.2, 0) is 4.74 Å². The maximum Gasteiger partial charge on any atom is 0.143 e. The molecular formula is C9H20O2. The van der Waals surface area contributed by atoms with Crippen LogP contribution in [0.1, 0.15) is 34.1 Å². The fourth-order valence-electron chi connectivity index (χ4n) is 1.49. The Hall–Kier alpha value is -0.0800. The van der Waals surface area contributed by atoms with E-state index in [-0.39, 0.29) is 12.2 Å². The summed E-state index contributed by atoms with van der Waals surface area (Å²) < 4.78 is 4.95. The number of hydrogen-bond donors (Lipinski definition) is 1. The van der Waals surface area contributed by atoms with Gasteiger partial charge in [0, 0.05) is 0 Å². The molecule has 0 heterocycles. The van der Waals surface area contributed by atoms with E-state index in [0.717, 1.165) is 6.42 Å². The first-order valence-corrected chi connectivity index (χ1v) is 4.16. The molecule has 0 bridgehead atoms. The Morgan fingerprint density at radius 1 is 1.36 bits per heavy atom. The van der Waals surface area contributed by atoms with Crippen LogP contribution in [-0.4, -0.2) is 18.5 Å². The van der Waals surface area contributed by atoms with Crippen LogP contribution in [0, 0.1) is 11.3 Å².